The molecule has 174 valence electrons. The maximum Gasteiger partial charge on any atom is 0.258 e. The summed E-state index contributed by atoms with van der Waals surface area (Å²) in [6.45, 7) is 0.193. The largest absolute Gasteiger partial charge is 0.484 e. The minimum Gasteiger partial charge on any atom is -0.484 e. The van der Waals surface area contributed by atoms with Gasteiger partial charge in [0.05, 0.1) is 29.9 Å². The lowest BCUT2D eigenvalue weighted by atomic mass is 10.0. The van der Waals surface area contributed by atoms with Crippen molar-refractivity contribution in [3.63, 3.8) is 0 Å². The molecule has 8 nitrogen and oxygen atoms in total. The van der Waals surface area contributed by atoms with Crippen molar-refractivity contribution in [1.82, 2.24) is 20.0 Å². The van der Waals surface area contributed by atoms with Crippen molar-refractivity contribution >= 4 is 40.7 Å². The molecule has 3 aromatic rings. The first-order valence-electron chi connectivity index (χ1n) is 10.3. The maximum atomic E-state index is 13.4. The van der Waals surface area contributed by atoms with E-state index in [9.17, 15) is 14.0 Å². The number of nitrogens with one attached hydrogen (secondary N) is 2. The van der Waals surface area contributed by atoms with Crippen LogP contribution in [0.3, 0.4) is 0 Å². The van der Waals surface area contributed by atoms with E-state index in [-0.39, 0.29) is 48.4 Å². The monoisotopic (exact) mass is 494 g/mol. The molecule has 0 saturated carbocycles. The van der Waals surface area contributed by atoms with Crippen LogP contribution < -0.4 is 15.4 Å². The number of rotatable bonds is 7. The third-order valence-electron chi connectivity index (χ3n) is 5.11. The predicted octanol–water partition coefficient (Wildman–Crippen LogP) is 3.14. The third kappa shape index (κ3) is 6.13. The first-order valence-corrected chi connectivity index (χ1v) is 11.0. The molecule has 0 unspecified atom stereocenters. The second kappa shape index (κ2) is 10.4. The van der Waals surface area contributed by atoms with Crippen LogP contribution in [0.1, 0.15) is 18.5 Å². The van der Waals surface area contributed by atoms with Gasteiger partial charge in [-0.3, -0.25) is 9.59 Å². The third-order valence-corrected chi connectivity index (χ3v) is 5.65. The van der Waals surface area contributed by atoms with Gasteiger partial charge in [0.15, 0.2) is 6.61 Å². The van der Waals surface area contributed by atoms with E-state index >= 15 is 0 Å². The highest BCUT2D eigenvalue weighted by Gasteiger charge is 2.28. The number of hydrogen-bond acceptors (Lipinski definition) is 5. The van der Waals surface area contributed by atoms with E-state index in [1.165, 1.54) is 12.1 Å². The number of ether oxygens (including phenoxy) is 2. The summed E-state index contributed by atoms with van der Waals surface area (Å²) in [6.07, 6.45) is 4.05. The zero-order valence-electron chi connectivity index (χ0n) is 17.4. The maximum absolute atomic E-state index is 13.4. The Hall–Kier alpha value is -2.88. The van der Waals surface area contributed by atoms with E-state index in [4.69, 9.17) is 32.7 Å². The summed E-state index contributed by atoms with van der Waals surface area (Å²) >= 11 is 11.6. The van der Waals surface area contributed by atoms with E-state index in [0.29, 0.717) is 29.2 Å². The molecule has 11 heteroatoms. The molecule has 1 aliphatic rings. The van der Waals surface area contributed by atoms with Crippen molar-refractivity contribution < 1.29 is 23.5 Å². The van der Waals surface area contributed by atoms with Crippen LogP contribution in [0, 0.1) is 5.82 Å². The van der Waals surface area contributed by atoms with Crippen LogP contribution in [-0.4, -0.2) is 46.6 Å². The number of halogens is 3. The predicted molar refractivity (Wildman–Crippen MR) is 120 cm³/mol. The summed E-state index contributed by atoms with van der Waals surface area (Å²) in [7, 11) is 0. The van der Waals surface area contributed by atoms with Gasteiger partial charge in [-0.05, 0) is 37.1 Å². The number of carbonyl (C=O) groups excluding carboxylic acids is 2. The second-order valence-corrected chi connectivity index (χ2v) is 8.43. The molecule has 2 aromatic heterocycles. The van der Waals surface area contributed by atoms with Crippen molar-refractivity contribution in [2.45, 2.75) is 31.5 Å². The van der Waals surface area contributed by atoms with Crippen LogP contribution in [0.15, 0.2) is 42.7 Å². The van der Waals surface area contributed by atoms with Crippen LogP contribution in [0.4, 0.5) is 4.39 Å². The number of aromatic nitrogens is 2. The quantitative estimate of drug-likeness (QED) is 0.526. The average Bonchev–Trinajstić information content (AvgIpc) is 3.21. The highest BCUT2D eigenvalue weighted by atomic mass is 35.5. The number of nitrogens with zero attached hydrogens (tertiary/aromatic N) is 2. The molecule has 0 bridgehead atoms. The number of benzene rings is 1. The minimum atomic E-state index is -0.620. The molecule has 1 aromatic carbocycles. The number of pyridine rings is 1. The lowest BCUT2D eigenvalue weighted by Gasteiger charge is -2.28. The van der Waals surface area contributed by atoms with Crippen molar-refractivity contribution in [3.05, 3.63) is 64.3 Å². The van der Waals surface area contributed by atoms with E-state index in [2.05, 4.69) is 15.6 Å². The summed E-state index contributed by atoms with van der Waals surface area (Å²) in [4.78, 5) is 29.0. The Balaban J connectivity index is 1.18. The standard InChI is InChI=1S/C22H21Cl2FN4O4/c23-13-5-6-29-10-15(27-20(29)7-13)9-26-22(31)19-4-1-14(11-33-19)28-21(30)12-32-16-2-3-17(24)18(25)8-16/h2-3,5-8,10,14,19H,1,4,9,11-12H2,(H,26,31)(H,28,30)/t14-,19+/m1/s1. The Morgan fingerprint density at radius 3 is 2.85 bits per heavy atom. The summed E-state index contributed by atoms with van der Waals surface area (Å²) in [5, 5.41) is 6.18. The van der Waals surface area contributed by atoms with Gasteiger partial charge in [-0.1, -0.05) is 23.2 Å². The Morgan fingerprint density at radius 1 is 1.24 bits per heavy atom. The second-order valence-electron chi connectivity index (χ2n) is 7.59. The molecule has 0 aliphatic carbocycles. The van der Waals surface area contributed by atoms with Gasteiger partial charge >= 0.3 is 0 Å². The number of imidazole rings is 1. The average molecular weight is 495 g/mol. The van der Waals surface area contributed by atoms with Gasteiger partial charge in [-0.25, -0.2) is 9.37 Å². The summed E-state index contributed by atoms with van der Waals surface area (Å²) < 4.78 is 26.2. The van der Waals surface area contributed by atoms with Crippen LogP contribution >= 0.6 is 23.2 Å². The minimum absolute atomic E-state index is 0.0204. The van der Waals surface area contributed by atoms with Gasteiger partial charge in [0, 0.05) is 23.5 Å². The molecule has 4 rings (SSSR count). The van der Waals surface area contributed by atoms with E-state index in [1.807, 2.05) is 10.6 Å². The molecule has 2 atom stereocenters. The highest BCUT2D eigenvalue weighted by molar-refractivity contribution is 6.31. The lowest BCUT2D eigenvalue weighted by molar-refractivity contribution is -0.137. The van der Waals surface area contributed by atoms with Crippen LogP contribution in [0.5, 0.6) is 5.75 Å². The fourth-order valence-electron chi connectivity index (χ4n) is 3.44. The Bertz CT molecular complexity index is 1160. The molecule has 2 N–H and O–H groups in total. The summed E-state index contributed by atoms with van der Waals surface area (Å²) in [5.74, 6) is -1.01. The van der Waals surface area contributed by atoms with Crippen LogP contribution in [0.25, 0.3) is 5.65 Å². The summed E-state index contributed by atoms with van der Waals surface area (Å²) in [5.41, 5.74) is 1.40. The van der Waals surface area contributed by atoms with Crippen molar-refractivity contribution in [1.29, 1.82) is 0 Å². The first-order chi connectivity index (χ1) is 15.9. The smallest absolute Gasteiger partial charge is 0.258 e. The van der Waals surface area contributed by atoms with Gasteiger partial charge in [0.25, 0.3) is 5.91 Å². The SMILES string of the molecule is O=C(COc1ccc(Cl)c(F)c1)N[C@@H]1CC[C@@H](C(=O)NCc2cn3ccc(Cl)cc3n2)OC1. The van der Waals surface area contributed by atoms with Gasteiger partial charge in [-0.2, -0.15) is 0 Å². The molecule has 2 amide bonds. The van der Waals surface area contributed by atoms with E-state index < -0.39 is 11.9 Å². The molecular weight excluding hydrogens is 474 g/mol. The number of hydrogen-bond donors (Lipinski definition) is 2. The molecule has 1 fully saturated rings. The van der Waals surface area contributed by atoms with Crippen molar-refractivity contribution in [3.8, 4) is 5.75 Å². The van der Waals surface area contributed by atoms with Gasteiger partial charge in [0.1, 0.15) is 23.3 Å². The molecule has 33 heavy (non-hydrogen) atoms. The fraction of sp³-hybridized carbons (Fsp3) is 0.318. The zero-order valence-corrected chi connectivity index (χ0v) is 18.9. The van der Waals surface area contributed by atoms with Gasteiger partial charge < -0.3 is 24.5 Å². The first kappa shape index (κ1) is 23.3. The van der Waals surface area contributed by atoms with Gasteiger partial charge in [0.2, 0.25) is 5.91 Å². The van der Waals surface area contributed by atoms with Crippen molar-refractivity contribution in [2.24, 2.45) is 0 Å². The molecule has 0 spiro atoms. The van der Waals surface area contributed by atoms with E-state index in [0.717, 1.165) is 6.07 Å². The van der Waals surface area contributed by atoms with Crippen LogP contribution in [-0.2, 0) is 20.9 Å². The van der Waals surface area contributed by atoms with Crippen LogP contribution in [0.2, 0.25) is 10.0 Å². The Labute approximate surface area is 199 Å². The molecule has 1 saturated heterocycles. The highest BCUT2D eigenvalue weighted by Crippen LogP contribution is 2.20. The molecular formula is C22H21Cl2FN4O4. The number of carbonyl (C=O) groups is 2. The topological polar surface area (TPSA) is 94.0 Å². The lowest BCUT2D eigenvalue weighted by Crippen LogP contribution is -2.48. The van der Waals surface area contributed by atoms with E-state index in [1.54, 1.807) is 18.3 Å². The Kier molecular flexibility index (Phi) is 7.32. The van der Waals surface area contributed by atoms with Gasteiger partial charge in [-0.15, -0.1) is 0 Å². The van der Waals surface area contributed by atoms with Crippen molar-refractivity contribution in [2.75, 3.05) is 13.2 Å². The Morgan fingerprint density at radius 2 is 2.09 bits per heavy atom. The molecule has 0 radical (unpaired) electrons. The summed E-state index contributed by atoms with van der Waals surface area (Å²) in [6, 6.07) is 7.21. The molecule has 3 heterocycles. The number of amides is 2. The number of fused-ring (bicyclic) bond motifs is 1. The fourth-order valence-corrected chi connectivity index (χ4v) is 3.71. The zero-order chi connectivity index (χ0) is 23.4. The molecule has 1 aliphatic heterocycles. The normalized spacial score (nSPS) is 18.2.